The van der Waals surface area contributed by atoms with E-state index in [-0.39, 0.29) is 48.3 Å². The average Bonchev–Trinajstić information content (AvgIpc) is 3.05. The quantitative estimate of drug-likeness (QED) is 0.174. The first-order valence-corrected chi connectivity index (χ1v) is 17.3. The molecule has 46 heavy (non-hydrogen) atoms. The molecule has 0 aromatic heterocycles. The zero-order valence-corrected chi connectivity index (χ0v) is 27.5. The van der Waals surface area contributed by atoms with Crippen LogP contribution in [0.5, 0.6) is 0 Å². The van der Waals surface area contributed by atoms with Gasteiger partial charge >= 0.3 is 0 Å². The molecule has 1 heterocycles. The van der Waals surface area contributed by atoms with Crippen LogP contribution >= 0.6 is 11.6 Å². The molecule has 7 nitrogen and oxygen atoms in total. The van der Waals surface area contributed by atoms with Crippen LogP contribution in [0.25, 0.3) is 0 Å². The van der Waals surface area contributed by atoms with Gasteiger partial charge < -0.3 is 10.6 Å². The van der Waals surface area contributed by atoms with E-state index in [1.165, 1.54) is 16.4 Å². The lowest BCUT2D eigenvalue weighted by atomic mass is 9.99. The Hall–Kier alpha value is -3.76. The van der Waals surface area contributed by atoms with Crippen LogP contribution in [0, 0.1) is 5.82 Å². The van der Waals surface area contributed by atoms with Crippen LogP contribution in [0.3, 0.4) is 0 Å². The number of nitrogens with two attached hydrogens (primary N) is 1. The lowest BCUT2D eigenvalue weighted by Gasteiger charge is -2.41. The Bertz CT molecular complexity index is 1660. The van der Waals surface area contributed by atoms with Crippen molar-refractivity contribution in [1.29, 1.82) is 0 Å². The predicted octanol–water partition coefficient (Wildman–Crippen LogP) is 6.61. The summed E-state index contributed by atoms with van der Waals surface area (Å²) in [5.74, 6) is -0.674. The number of nitrogens with zero attached hydrogens (tertiary/aromatic N) is 3. The molecule has 1 aliphatic rings. The summed E-state index contributed by atoms with van der Waals surface area (Å²) in [5, 5.41) is 0.449. The van der Waals surface area contributed by atoms with Crippen LogP contribution in [-0.2, 0) is 34.5 Å². The number of piperidine rings is 1. The van der Waals surface area contributed by atoms with Crippen molar-refractivity contribution in [3.8, 4) is 0 Å². The van der Waals surface area contributed by atoms with E-state index in [1.54, 1.807) is 30.3 Å². The minimum atomic E-state index is -3.87. The number of halogens is 2. The zero-order valence-electron chi connectivity index (χ0n) is 25.9. The molecule has 1 atom stereocenters. The molecule has 0 radical (unpaired) electrons. The number of benzene rings is 4. The highest BCUT2D eigenvalue weighted by molar-refractivity contribution is 7.89. The number of hydrogen-bond donors (Lipinski definition) is 1. The number of primary amides is 1. The summed E-state index contributed by atoms with van der Waals surface area (Å²) in [5.41, 5.74) is 8.48. The third-order valence-corrected chi connectivity index (χ3v) is 10.7. The second-order valence-electron chi connectivity index (χ2n) is 11.9. The molecule has 0 spiro atoms. The van der Waals surface area contributed by atoms with Gasteiger partial charge in [-0.1, -0.05) is 72.3 Å². The first-order chi connectivity index (χ1) is 22.1. The van der Waals surface area contributed by atoms with Gasteiger partial charge in [-0.15, -0.1) is 0 Å². The Kier molecular flexibility index (Phi) is 11.1. The zero-order chi connectivity index (χ0) is 32.7. The summed E-state index contributed by atoms with van der Waals surface area (Å²) in [6.07, 6.45) is 1.87. The van der Waals surface area contributed by atoms with Gasteiger partial charge in [0.15, 0.2) is 0 Å². The molecule has 0 bridgehead atoms. The predicted molar refractivity (Wildman–Crippen MR) is 181 cm³/mol. The van der Waals surface area contributed by atoms with Crippen molar-refractivity contribution in [2.75, 3.05) is 18.0 Å². The first-order valence-electron chi connectivity index (χ1n) is 15.5. The molecule has 2 N–H and O–H groups in total. The van der Waals surface area contributed by atoms with Crippen LogP contribution in [0.4, 0.5) is 10.1 Å². The molecule has 1 fully saturated rings. The Morgan fingerprint density at radius 1 is 0.891 bits per heavy atom. The normalized spacial score (nSPS) is 15.1. The van der Waals surface area contributed by atoms with Crippen LogP contribution in [0.15, 0.2) is 108 Å². The van der Waals surface area contributed by atoms with Gasteiger partial charge in [0, 0.05) is 67.5 Å². The molecular weight excluding hydrogens is 623 g/mol. The molecule has 0 aliphatic carbocycles. The maximum atomic E-state index is 14.9. The van der Waals surface area contributed by atoms with Gasteiger partial charge in [0.1, 0.15) is 5.82 Å². The first kappa shape index (κ1) is 33.6. The fraction of sp³-hybridized carbons (Fsp3) is 0.306. The Morgan fingerprint density at radius 3 is 2.00 bits per heavy atom. The minimum absolute atomic E-state index is 0.0384. The average molecular weight is 663 g/mol. The molecule has 0 saturated carbocycles. The van der Waals surface area contributed by atoms with Crippen molar-refractivity contribution in [2.24, 2.45) is 5.73 Å². The van der Waals surface area contributed by atoms with Crippen molar-refractivity contribution < 1.29 is 17.6 Å². The van der Waals surface area contributed by atoms with Crippen molar-refractivity contribution in [3.63, 3.8) is 0 Å². The number of carbonyl (C=O) groups is 1. The van der Waals surface area contributed by atoms with Crippen molar-refractivity contribution in [3.05, 3.63) is 131 Å². The third-order valence-electron chi connectivity index (χ3n) is 8.62. The number of sulfonamides is 1. The lowest BCUT2D eigenvalue weighted by Crippen LogP contribution is -2.48. The highest BCUT2D eigenvalue weighted by Crippen LogP contribution is 2.30. The van der Waals surface area contributed by atoms with E-state index in [0.717, 1.165) is 42.7 Å². The van der Waals surface area contributed by atoms with Crippen molar-refractivity contribution >= 4 is 33.2 Å². The monoisotopic (exact) mass is 662 g/mol. The van der Waals surface area contributed by atoms with Gasteiger partial charge in [-0.2, -0.15) is 4.31 Å². The van der Waals surface area contributed by atoms with Crippen LogP contribution in [-0.4, -0.2) is 48.7 Å². The molecule has 242 valence electrons. The SMILES string of the molecule is CC(CC(N)=O)N1CCC(N(Cc2cc(Cl)ccc2F)c2ccc(S(=O)(=O)N(Cc3ccccc3)Cc3ccccc3)cc2)CC1. The molecule has 5 rings (SSSR count). The van der Waals surface area contributed by atoms with E-state index in [9.17, 15) is 17.6 Å². The van der Waals surface area contributed by atoms with E-state index in [0.29, 0.717) is 17.0 Å². The highest BCUT2D eigenvalue weighted by atomic mass is 35.5. The third kappa shape index (κ3) is 8.53. The van der Waals surface area contributed by atoms with Gasteiger partial charge in [0.05, 0.1) is 4.90 Å². The largest absolute Gasteiger partial charge is 0.370 e. The Morgan fingerprint density at radius 2 is 1.46 bits per heavy atom. The maximum absolute atomic E-state index is 14.9. The summed E-state index contributed by atoms with van der Waals surface area (Å²) in [7, 11) is -3.87. The number of carbonyl (C=O) groups excluding carboxylic acids is 1. The van der Waals surface area contributed by atoms with E-state index in [4.69, 9.17) is 17.3 Å². The number of likely N-dealkylation sites (tertiary alicyclic amines) is 1. The standard InChI is InChI=1S/C36H40ClFN4O3S/c1-27(22-36(39)43)40-20-18-33(19-21-40)42(26-30-23-31(37)12-17-35(30)38)32-13-15-34(16-14-32)46(44,45)41(24-28-8-4-2-5-9-28)25-29-10-6-3-7-11-29/h2-17,23,27,33H,18-22,24-26H2,1H3,(H2,39,43). The fourth-order valence-corrected chi connectivity index (χ4v) is 7.71. The molecule has 4 aromatic rings. The molecule has 1 amide bonds. The smallest absolute Gasteiger partial charge is 0.243 e. The summed E-state index contributed by atoms with van der Waals surface area (Å²) in [6, 6.07) is 30.6. The number of hydrogen-bond acceptors (Lipinski definition) is 5. The molecule has 10 heteroatoms. The second kappa shape index (κ2) is 15.2. The fourth-order valence-electron chi connectivity index (χ4n) is 6.10. The van der Waals surface area contributed by atoms with Gasteiger partial charge in [0.25, 0.3) is 0 Å². The molecule has 1 saturated heterocycles. The van der Waals surface area contributed by atoms with Crippen LogP contribution in [0.2, 0.25) is 5.02 Å². The number of rotatable bonds is 13. The van der Waals surface area contributed by atoms with Crippen molar-refractivity contribution in [1.82, 2.24) is 9.21 Å². The second-order valence-corrected chi connectivity index (χ2v) is 14.3. The molecule has 4 aromatic carbocycles. The lowest BCUT2D eigenvalue weighted by molar-refractivity contribution is -0.119. The number of anilines is 1. The van der Waals surface area contributed by atoms with Gasteiger partial charge in [-0.25, -0.2) is 12.8 Å². The van der Waals surface area contributed by atoms with Crippen LogP contribution < -0.4 is 10.6 Å². The van der Waals surface area contributed by atoms with Crippen LogP contribution in [0.1, 0.15) is 42.9 Å². The Balaban J connectivity index is 1.42. The van der Waals surface area contributed by atoms with Crippen molar-refractivity contribution in [2.45, 2.75) is 62.8 Å². The summed E-state index contributed by atoms with van der Waals surface area (Å²) >= 11 is 6.24. The van der Waals surface area contributed by atoms with E-state index in [2.05, 4.69) is 9.80 Å². The molecule has 1 unspecified atom stereocenters. The van der Waals surface area contributed by atoms with E-state index in [1.807, 2.05) is 67.6 Å². The van der Waals surface area contributed by atoms with E-state index < -0.39 is 10.0 Å². The number of amides is 1. The van der Waals surface area contributed by atoms with Gasteiger partial charge in [0.2, 0.25) is 15.9 Å². The summed E-state index contributed by atoms with van der Waals surface area (Å²) in [6.45, 7) is 4.25. The van der Waals surface area contributed by atoms with Gasteiger partial charge in [-0.3, -0.25) is 9.69 Å². The molecular formula is C36H40ClFN4O3S. The van der Waals surface area contributed by atoms with Gasteiger partial charge in [-0.05, 0) is 73.4 Å². The Labute approximate surface area is 276 Å². The summed E-state index contributed by atoms with van der Waals surface area (Å²) < 4.78 is 44.6. The van der Waals surface area contributed by atoms with E-state index >= 15 is 0 Å². The summed E-state index contributed by atoms with van der Waals surface area (Å²) in [4.78, 5) is 16.1. The topological polar surface area (TPSA) is 87.0 Å². The highest BCUT2D eigenvalue weighted by Gasteiger charge is 2.30. The maximum Gasteiger partial charge on any atom is 0.243 e. The molecule has 1 aliphatic heterocycles. The minimum Gasteiger partial charge on any atom is -0.370 e.